The Kier molecular flexibility index (Phi) is 3.60. The number of rotatable bonds is 3. The number of hydrazone groups is 1. The lowest BCUT2D eigenvalue weighted by Gasteiger charge is -1.99. The number of fused-ring (bicyclic) bond motifs is 1. The van der Waals surface area contributed by atoms with Gasteiger partial charge in [0.2, 0.25) is 0 Å². The van der Waals surface area contributed by atoms with Crippen molar-refractivity contribution in [2.75, 3.05) is 0 Å². The Balaban J connectivity index is 1.71. The molecule has 3 aromatic rings. The highest BCUT2D eigenvalue weighted by molar-refractivity contribution is 5.94. The number of para-hydroxylation sites is 2. The monoisotopic (exact) mass is 277 g/mol. The van der Waals surface area contributed by atoms with Crippen LogP contribution in [0.25, 0.3) is 11.0 Å². The molecule has 1 N–H and O–H groups in total. The van der Waals surface area contributed by atoms with Crippen LogP contribution in [-0.2, 0) is 0 Å². The maximum Gasteiger partial charge on any atom is 0.271 e. The fraction of sp³-hybridized carbons (Fsp3) is 0. The van der Waals surface area contributed by atoms with Gasteiger partial charge in [-0.15, -0.1) is 0 Å². The molecule has 0 saturated carbocycles. The number of hydrogen-bond donors (Lipinski definition) is 1. The van der Waals surface area contributed by atoms with E-state index in [1.807, 2.05) is 24.3 Å². The lowest BCUT2D eigenvalue weighted by molar-refractivity contribution is 0.0955. The summed E-state index contributed by atoms with van der Waals surface area (Å²) in [4.78, 5) is 24.2. The molecular formula is C15H11N5O. The van der Waals surface area contributed by atoms with Crippen molar-refractivity contribution >= 4 is 23.2 Å². The lowest BCUT2D eigenvalue weighted by Crippen LogP contribution is -2.17. The summed E-state index contributed by atoms with van der Waals surface area (Å²) in [7, 11) is 0. The van der Waals surface area contributed by atoms with Gasteiger partial charge in [-0.1, -0.05) is 12.1 Å². The lowest BCUT2D eigenvalue weighted by atomic mass is 10.3. The first-order valence-corrected chi connectivity index (χ1v) is 6.28. The van der Waals surface area contributed by atoms with Gasteiger partial charge in [0.15, 0.2) is 0 Å². The summed E-state index contributed by atoms with van der Waals surface area (Å²) in [6, 6.07) is 10.8. The summed E-state index contributed by atoms with van der Waals surface area (Å²) in [6.07, 6.45) is 6.16. The molecule has 0 unspecified atom stereocenters. The number of benzene rings is 1. The van der Waals surface area contributed by atoms with E-state index >= 15 is 0 Å². The Morgan fingerprint density at radius 2 is 1.86 bits per heavy atom. The van der Waals surface area contributed by atoms with E-state index in [-0.39, 0.29) is 5.91 Å². The fourth-order valence-electron chi connectivity index (χ4n) is 1.76. The minimum atomic E-state index is -0.303. The maximum absolute atomic E-state index is 11.8. The molecule has 0 aliphatic heterocycles. The number of nitrogens with one attached hydrogen (secondary N) is 1. The SMILES string of the molecule is O=C(NN=Cc1cnc2ccccc2n1)c1ccncc1. The van der Waals surface area contributed by atoms with E-state index in [0.29, 0.717) is 11.3 Å². The van der Waals surface area contributed by atoms with Gasteiger partial charge in [-0.25, -0.2) is 10.4 Å². The van der Waals surface area contributed by atoms with Crippen molar-refractivity contribution in [2.45, 2.75) is 0 Å². The zero-order valence-electron chi connectivity index (χ0n) is 11.0. The average Bonchev–Trinajstić information content (AvgIpc) is 2.55. The van der Waals surface area contributed by atoms with Crippen LogP contribution in [0.1, 0.15) is 16.1 Å². The minimum absolute atomic E-state index is 0.303. The number of hydrogen-bond acceptors (Lipinski definition) is 5. The standard InChI is InChI=1S/C15H11N5O/c21-15(11-5-7-16-8-6-11)20-18-10-12-9-17-13-3-1-2-4-14(13)19-12/h1-10H,(H,20,21). The number of carbonyl (C=O) groups is 1. The summed E-state index contributed by atoms with van der Waals surface area (Å²) in [5, 5.41) is 3.88. The third kappa shape index (κ3) is 3.06. The Bertz CT molecular complexity index is 801. The van der Waals surface area contributed by atoms with Crippen LogP contribution in [-0.4, -0.2) is 27.1 Å². The number of aromatic nitrogens is 3. The van der Waals surface area contributed by atoms with Crippen molar-refractivity contribution in [3.8, 4) is 0 Å². The number of carbonyl (C=O) groups excluding carboxylic acids is 1. The molecule has 0 atom stereocenters. The molecule has 102 valence electrons. The van der Waals surface area contributed by atoms with Gasteiger partial charge in [-0.3, -0.25) is 14.8 Å². The number of pyridine rings is 1. The summed E-state index contributed by atoms with van der Waals surface area (Å²) in [6.45, 7) is 0. The molecule has 6 heteroatoms. The summed E-state index contributed by atoms with van der Waals surface area (Å²) in [5.74, 6) is -0.303. The molecule has 0 saturated heterocycles. The van der Waals surface area contributed by atoms with Crippen LogP contribution in [0.2, 0.25) is 0 Å². The molecule has 6 nitrogen and oxygen atoms in total. The second kappa shape index (κ2) is 5.87. The predicted octanol–water partition coefficient (Wildman–Crippen LogP) is 1.79. The van der Waals surface area contributed by atoms with Gasteiger partial charge >= 0.3 is 0 Å². The predicted molar refractivity (Wildman–Crippen MR) is 78.8 cm³/mol. The highest BCUT2D eigenvalue weighted by atomic mass is 16.2. The quantitative estimate of drug-likeness (QED) is 0.584. The molecule has 1 aromatic carbocycles. The molecule has 1 amide bonds. The van der Waals surface area contributed by atoms with Crippen molar-refractivity contribution in [2.24, 2.45) is 5.10 Å². The Morgan fingerprint density at radius 3 is 2.67 bits per heavy atom. The van der Waals surface area contributed by atoms with Crippen LogP contribution in [0.15, 0.2) is 60.1 Å². The molecule has 0 aliphatic rings. The van der Waals surface area contributed by atoms with E-state index in [0.717, 1.165) is 11.0 Å². The summed E-state index contributed by atoms with van der Waals surface area (Å²) < 4.78 is 0. The molecule has 0 radical (unpaired) electrons. The Hall–Kier alpha value is -3.15. The van der Waals surface area contributed by atoms with E-state index in [4.69, 9.17) is 0 Å². The minimum Gasteiger partial charge on any atom is -0.267 e. The van der Waals surface area contributed by atoms with Gasteiger partial charge in [0.25, 0.3) is 5.91 Å². The van der Waals surface area contributed by atoms with Gasteiger partial charge < -0.3 is 0 Å². The van der Waals surface area contributed by atoms with E-state index in [2.05, 4.69) is 25.5 Å². The molecule has 0 spiro atoms. The average molecular weight is 277 g/mol. The van der Waals surface area contributed by atoms with Crippen molar-refractivity contribution < 1.29 is 4.79 Å². The van der Waals surface area contributed by atoms with E-state index in [1.165, 1.54) is 6.21 Å². The molecule has 21 heavy (non-hydrogen) atoms. The zero-order valence-corrected chi connectivity index (χ0v) is 11.0. The van der Waals surface area contributed by atoms with E-state index in [9.17, 15) is 4.79 Å². The smallest absolute Gasteiger partial charge is 0.267 e. The zero-order chi connectivity index (χ0) is 14.5. The van der Waals surface area contributed by atoms with Crippen LogP contribution < -0.4 is 5.43 Å². The Morgan fingerprint density at radius 1 is 1.10 bits per heavy atom. The van der Waals surface area contributed by atoms with Crippen LogP contribution in [0.3, 0.4) is 0 Å². The largest absolute Gasteiger partial charge is 0.271 e. The second-order valence-electron chi connectivity index (χ2n) is 4.22. The van der Waals surface area contributed by atoms with Gasteiger partial charge in [0.05, 0.1) is 23.4 Å². The van der Waals surface area contributed by atoms with Gasteiger partial charge in [-0.2, -0.15) is 5.10 Å². The highest BCUT2D eigenvalue weighted by Crippen LogP contribution is 2.07. The van der Waals surface area contributed by atoms with Gasteiger partial charge in [0, 0.05) is 18.0 Å². The van der Waals surface area contributed by atoms with Crippen LogP contribution >= 0.6 is 0 Å². The van der Waals surface area contributed by atoms with Crippen molar-refractivity contribution in [1.82, 2.24) is 20.4 Å². The van der Waals surface area contributed by atoms with Crippen LogP contribution in [0.4, 0.5) is 0 Å². The highest BCUT2D eigenvalue weighted by Gasteiger charge is 2.02. The Labute approximate surface area is 120 Å². The summed E-state index contributed by atoms with van der Waals surface area (Å²) >= 11 is 0. The third-order valence-corrected chi connectivity index (χ3v) is 2.77. The third-order valence-electron chi connectivity index (χ3n) is 2.77. The normalized spacial score (nSPS) is 10.9. The molecule has 0 bridgehead atoms. The van der Waals surface area contributed by atoms with Crippen molar-refractivity contribution in [3.63, 3.8) is 0 Å². The van der Waals surface area contributed by atoms with E-state index < -0.39 is 0 Å². The second-order valence-corrected chi connectivity index (χ2v) is 4.22. The maximum atomic E-state index is 11.8. The van der Waals surface area contributed by atoms with Crippen molar-refractivity contribution in [1.29, 1.82) is 0 Å². The molecule has 0 fully saturated rings. The molecule has 3 rings (SSSR count). The van der Waals surface area contributed by atoms with Crippen LogP contribution in [0, 0.1) is 0 Å². The number of nitrogens with zero attached hydrogens (tertiary/aromatic N) is 4. The topological polar surface area (TPSA) is 80.1 Å². The van der Waals surface area contributed by atoms with E-state index in [1.54, 1.807) is 30.7 Å². The first kappa shape index (κ1) is 12.9. The van der Waals surface area contributed by atoms with Gasteiger partial charge in [0.1, 0.15) is 5.69 Å². The van der Waals surface area contributed by atoms with Gasteiger partial charge in [-0.05, 0) is 24.3 Å². The number of amides is 1. The molecule has 2 heterocycles. The first-order chi connectivity index (χ1) is 10.3. The van der Waals surface area contributed by atoms with Crippen LogP contribution in [0.5, 0.6) is 0 Å². The van der Waals surface area contributed by atoms with Crippen molar-refractivity contribution in [3.05, 3.63) is 66.2 Å². The molecule has 2 aromatic heterocycles. The molecular weight excluding hydrogens is 266 g/mol. The first-order valence-electron chi connectivity index (χ1n) is 6.28. The summed E-state index contributed by atoms with van der Waals surface area (Å²) in [5.41, 5.74) is 5.09. The fourth-order valence-corrected chi connectivity index (χ4v) is 1.76. The molecule has 0 aliphatic carbocycles.